The molecule has 0 heterocycles. The Morgan fingerprint density at radius 2 is 1.67 bits per heavy atom. The van der Waals surface area contributed by atoms with Gasteiger partial charge in [-0.1, -0.05) is 36.4 Å². The molecule has 0 N–H and O–H groups in total. The van der Waals surface area contributed by atoms with Crippen LogP contribution in [-0.2, 0) is 0 Å². The summed E-state index contributed by atoms with van der Waals surface area (Å²) in [6.45, 7) is 2.11. The molecule has 0 radical (unpaired) electrons. The fourth-order valence-electron chi connectivity index (χ4n) is 1.66. The smallest absolute Gasteiger partial charge is 0.119 e. The summed E-state index contributed by atoms with van der Waals surface area (Å²) in [4.78, 5) is 0. The summed E-state index contributed by atoms with van der Waals surface area (Å²) in [5, 5.41) is 0. The molecule has 0 saturated carbocycles. The van der Waals surface area contributed by atoms with Crippen LogP contribution in [0.4, 0.5) is 0 Å². The van der Waals surface area contributed by atoms with Crippen molar-refractivity contribution in [2.75, 3.05) is 7.11 Å². The molecular formula is C14H14O. The highest BCUT2D eigenvalue weighted by atomic mass is 16.5. The molecule has 0 spiro atoms. The minimum Gasteiger partial charge on any atom is -0.497 e. The van der Waals surface area contributed by atoms with E-state index in [9.17, 15) is 0 Å². The summed E-state index contributed by atoms with van der Waals surface area (Å²) >= 11 is 0. The molecule has 2 rings (SSSR count). The molecular weight excluding hydrogens is 184 g/mol. The first kappa shape index (κ1) is 9.78. The molecule has 1 heteroatoms. The van der Waals surface area contributed by atoms with Gasteiger partial charge in [0.2, 0.25) is 0 Å². The highest BCUT2D eigenvalue weighted by Crippen LogP contribution is 2.27. The first-order chi connectivity index (χ1) is 7.31. The van der Waals surface area contributed by atoms with E-state index in [4.69, 9.17) is 4.74 Å². The van der Waals surface area contributed by atoms with Crippen molar-refractivity contribution in [1.82, 2.24) is 0 Å². The third-order valence-corrected chi connectivity index (χ3v) is 2.53. The Morgan fingerprint density at radius 3 is 2.33 bits per heavy atom. The average molecular weight is 198 g/mol. The minimum absolute atomic E-state index is 0.902. The van der Waals surface area contributed by atoms with E-state index in [2.05, 4.69) is 31.2 Å². The van der Waals surface area contributed by atoms with Crippen LogP contribution in [0, 0.1) is 6.92 Å². The van der Waals surface area contributed by atoms with E-state index in [1.54, 1.807) is 7.11 Å². The quantitative estimate of drug-likeness (QED) is 0.715. The van der Waals surface area contributed by atoms with Gasteiger partial charge in [0.1, 0.15) is 5.75 Å². The Morgan fingerprint density at radius 1 is 0.933 bits per heavy atom. The van der Waals surface area contributed by atoms with Crippen LogP contribution >= 0.6 is 0 Å². The maximum atomic E-state index is 5.23. The van der Waals surface area contributed by atoms with Crippen LogP contribution in [0.15, 0.2) is 48.5 Å². The van der Waals surface area contributed by atoms with Gasteiger partial charge in [-0.25, -0.2) is 0 Å². The van der Waals surface area contributed by atoms with Crippen molar-refractivity contribution in [3.63, 3.8) is 0 Å². The van der Waals surface area contributed by atoms with Crippen molar-refractivity contribution in [3.8, 4) is 16.9 Å². The Kier molecular flexibility index (Phi) is 2.72. The molecule has 15 heavy (non-hydrogen) atoms. The lowest BCUT2D eigenvalue weighted by atomic mass is 10.0. The maximum absolute atomic E-state index is 5.23. The van der Waals surface area contributed by atoms with E-state index in [0.29, 0.717) is 0 Å². The highest BCUT2D eigenvalue weighted by molar-refractivity contribution is 5.68. The van der Waals surface area contributed by atoms with Crippen molar-refractivity contribution < 1.29 is 4.74 Å². The van der Waals surface area contributed by atoms with Crippen LogP contribution < -0.4 is 4.74 Å². The molecule has 0 aromatic heterocycles. The van der Waals surface area contributed by atoms with Gasteiger partial charge < -0.3 is 4.74 Å². The van der Waals surface area contributed by atoms with Gasteiger partial charge in [0, 0.05) is 0 Å². The normalized spacial score (nSPS) is 10.0. The predicted molar refractivity (Wildman–Crippen MR) is 63.2 cm³/mol. The van der Waals surface area contributed by atoms with Gasteiger partial charge in [-0.3, -0.25) is 0 Å². The largest absolute Gasteiger partial charge is 0.497 e. The molecule has 1 nitrogen and oxygen atoms in total. The van der Waals surface area contributed by atoms with E-state index in [0.717, 1.165) is 5.75 Å². The first-order valence-corrected chi connectivity index (χ1v) is 5.01. The van der Waals surface area contributed by atoms with Gasteiger partial charge in [0.05, 0.1) is 7.11 Å². The molecule has 2 aromatic carbocycles. The van der Waals surface area contributed by atoms with Crippen LogP contribution in [0.25, 0.3) is 11.1 Å². The lowest BCUT2D eigenvalue weighted by molar-refractivity contribution is 0.415. The molecule has 0 fully saturated rings. The molecule has 0 unspecified atom stereocenters. The van der Waals surface area contributed by atoms with Crippen LogP contribution in [0.3, 0.4) is 0 Å². The van der Waals surface area contributed by atoms with Gasteiger partial charge in [0.25, 0.3) is 0 Å². The third-order valence-electron chi connectivity index (χ3n) is 2.53. The van der Waals surface area contributed by atoms with Crippen molar-refractivity contribution in [3.05, 3.63) is 54.1 Å². The summed E-state index contributed by atoms with van der Waals surface area (Å²) in [6, 6.07) is 16.5. The zero-order valence-electron chi connectivity index (χ0n) is 9.03. The van der Waals surface area contributed by atoms with E-state index >= 15 is 0 Å². The SMILES string of the molecule is COc1ccc(C)c(-c2ccccc2)c1. The molecule has 0 aliphatic rings. The maximum Gasteiger partial charge on any atom is 0.119 e. The fourth-order valence-corrected chi connectivity index (χ4v) is 1.66. The summed E-state index contributed by atoms with van der Waals surface area (Å²) < 4.78 is 5.23. The standard InChI is InChI=1S/C14H14O/c1-11-8-9-13(15-2)10-14(11)12-6-4-3-5-7-12/h3-10H,1-2H3. The zero-order chi connectivity index (χ0) is 10.7. The average Bonchev–Trinajstić information content (AvgIpc) is 2.31. The number of ether oxygens (including phenoxy) is 1. The molecule has 76 valence electrons. The van der Waals surface area contributed by atoms with Crippen LogP contribution in [0.5, 0.6) is 5.75 Å². The Balaban J connectivity index is 2.52. The van der Waals surface area contributed by atoms with Gasteiger partial charge in [0.15, 0.2) is 0 Å². The van der Waals surface area contributed by atoms with Crippen LogP contribution in [-0.4, -0.2) is 7.11 Å². The Hall–Kier alpha value is -1.76. The highest BCUT2D eigenvalue weighted by Gasteiger charge is 2.02. The topological polar surface area (TPSA) is 9.23 Å². The Labute approximate surface area is 90.3 Å². The third kappa shape index (κ3) is 2.01. The fraction of sp³-hybridized carbons (Fsp3) is 0.143. The number of benzene rings is 2. The Bertz CT molecular complexity index is 446. The number of aryl methyl sites for hydroxylation is 1. The summed E-state index contributed by atoms with van der Waals surface area (Å²) in [5.41, 5.74) is 3.73. The monoisotopic (exact) mass is 198 g/mol. The van der Waals surface area contributed by atoms with E-state index in [1.807, 2.05) is 24.3 Å². The second-order valence-corrected chi connectivity index (χ2v) is 3.55. The number of hydrogen-bond acceptors (Lipinski definition) is 1. The number of hydrogen-bond donors (Lipinski definition) is 0. The first-order valence-electron chi connectivity index (χ1n) is 5.01. The number of rotatable bonds is 2. The number of methoxy groups -OCH3 is 1. The molecule has 0 amide bonds. The van der Waals surface area contributed by atoms with E-state index in [1.165, 1.54) is 16.7 Å². The van der Waals surface area contributed by atoms with Crippen molar-refractivity contribution >= 4 is 0 Å². The zero-order valence-corrected chi connectivity index (χ0v) is 9.03. The molecule has 0 bridgehead atoms. The van der Waals surface area contributed by atoms with Gasteiger partial charge in [-0.05, 0) is 35.7 Å². The summed E-state index contributed by atoms with van der Waals surface area (Å²) in [7, 11) is 1.69. The molecule has 0 saturated heterocycles. The van der Waals surface area contributed by atoms with Crippen LogP contribution in [0.2, 0.25) is 0 Å². The van der Waals surface area contributed by atoms with Crippen molar-refractivity contribution in [2.45, 2.75) is 6.92 Å². The van der Waals surface area contributed by atoms with Gasteiger partial charge in [-0.2, -0.15) is 0 Å². The second-order valence-electron chi connectivity index (χ2n) is 3.55. The lowest BCUT2D eigenvalue weighted by Gasteiger charge is -2.08. The van der Waals surface area contributed by atoms with Gasteiger partial charge >= 0.3 is 0 Å². The lowest BCUT2D eigenvalue weighted by Crippen LogP contribution is -1.87. The van der Waals surface area contributed by atoms with Gasteiger partial charge in [-0.15, -0.1) is 0 Å². The van der Waals surface area contributed by atoms with Crippen molar-refractivity contribution in [2.24, 2.45) is 0 Å². The summed E-state index contributed by atoms with van der Waals surface area (Å²) in [6.07, 6.45) is 0. The predicted octanol–water partition coefficient (Wildman–Crippen LogP) is 3.67. The molecule has 0 aliphatic heterocycles. The van der Waals surface area contributed by atoms with E-state index in [-0.39, 0.29) is 0 Å². The molecule has 0 aliphatic carbocycles. The molecule has 0 atom stereocenters. The second kappa shape index (κ2) is 4.18. The van der Waals surface area contributed by atoms with Crippen LogP contribution in [0.1, 0.15) is 5.56 Å². The minimum atomic E-state index is 0.902. The van der Waals surface area contributed by atoms with Crippen molar-refractivity contribution in [1.29, 1.82) is 0 Å². The summed E-state index contributed by atoms with van der Waals surface area (Å²) in [5.74, 6) is 0.902. The van der Waals surface area contributed by atoms with E-state index < -0.39 is 0 Å². The molecule has 2 aromatic rings.